The van der Waals surface area contributed by atoms with E-state index in [4.69, 9.17) is 14.2 Å². The topological polar surface area (TPSA) is 65.1 Å². The Morgan fingerprint density at radius 3 is 2.12 bits per heavy atom. The van der Waals surface area contributed by atoms with E-state index >= 15 is 0 Å². The highest BCUT2D eigenvalue weighted by Crippen LogP contribution is 2.40. The van der Waals surface area contributed by atoms with Crippen molar-refractivity contribution in [2.75, 3.05) is 25.7 Å². The van der Waals surface area contributed by atoms with E-state index in [0.717, 1.165) is 32.4 Å². The molecule has 6 nitrogen and oxygen atoms in total. The number of alkyl halides is 3. The van der Waals surface area contributed by atoms with Crippen LogP contribution in [0.4, 0.5) is 18.9 Å². The number of nitrogens with zero attached hydrogens (tertiary/aromatic N) is 1. The summed E-state index contributed by atoms with van der Waals surface area (Å²) in [6, 6.07) is 15.0. The van der Waals surface area contributed by atoms with Gasteiger partial charge in [-0.25, -0.2) is 4.79 Å². The lowest BCUT2D eigenvalue weighted by Crippen LogP contribution is -2.50. The third-order valence-corrected chi connectivity index (χ3v) is 9.33. The molecule has 40 heavy (non-hydrogen) atoms. The summed E-state index contributed by atoms with van der Waals surface area (Å²) in [6.07, 6.45) is -4.55. The highest BCUT2D eigenvalue weighted by Gasteiger charge is 2.46. The SMILES string of the molecule is CCOC(=O)[C@H](C)N(C(=O)C(F)(F)F)c1cc(I)c(Sc2ccc(OC)c(Cc3ccc(OC)cc3)c2)c(I)c1. The molecule has 0 heterocycles. The van der Waals surface area contributed by atoms with E-state index in [0.29, 0.717) is 18.5 Å². The molecule has 0 N–H and O–H groups in total. The fourth-order valence-corrected chi connectivity index (χ4v) is 7.12. The summed E-state index contributed by atoms with van der Waals surface area (Å²) in [7, 11) is 3.22. The standard InChI is InChI=1S/C28H26F3I2NO5S/c1-5-39-26(35)16(2)34(27(36)28(29,30)31)19-14-22(32)25(23(33)15-19)40-21-10-11-24(38-4)18(13-21)12-17-6-8-20(37-3)9-7-17/h6-11,13-16H,5,12H2,1-4H3/t16-/m0/s1. The zero-order chi connectivity index (χ0) is 29.6. The van der Waals surface area contributed by atoms with Crippen LogP contribution in [0, 0.1) is 7.14 Å². The normalized spacial score (nSPS) is 12.0. The molecule has 0 aliphatic carbocycles. The van der Waals surface area contributed by atoms with Crippen molar-refractivity contribution in [3.05, 3.63) is 72.9 Å². The first kappa shape index (κ1) is 32.3. The summed E-state index contributed by atoms with van der Waals surface area (Å²) in [6.45, 7) is 2.73. The number of anilines is 1. The van der Waals surface area contributed by atoms with Crippen molar-refractivity contribution in [1.82, 2.24) is 0 Å². The summed E-state index contributed by atoms with van der Waals surface area (Å²) in [5.74, 6) is -1.57. The highest BCUT2D eigenvalue weighted by molar-refractivity contribution is 14.1. The van der Waals surface area contributed by atoms with Gasteiger partial charge in [-0.15, -0.1) is 0 Å². The molecule has 0 saturated carbocycles. The van der Waals surface area contributed by atoms with E-state index in [-0.39, 0.29) is 12.3 Å². The molecule has 0 aliphatic heterocycles. The third kappa shape index (κ3) is 7.96. The van der Waals surface area contributed by atoms with Gasteiger partial charge in [0.15, 0.2) is 0 Å². The lowest BCUT2D eigenvalue weighted by atomic mass is 10.0. The molecule has 0 fully saturated rings. The molecule has 0 bridgehead atoms. The Balaban J connectivity index is 1.95. The minimum atomic E-state index is -5.17. The first-order valence-corrected chi connectivity index (χ1v) is 14.9. The molecule has 3 rings (SSSR count). The fourth-order valence-electron chi connectivity index (χ4n) is 3.84. The van der Waals surface area contributed by atoms with Gasteiger partial charge >= 0.3 is 18.1 Å². The van der Waals surface area contributed by atoms with Crippen molar-refractivity contribution in [2.45, 2.75) is 42.3 Å². The molecule has 12 heteroatoms. The zero-order valence-corrected chi connectivity index (χ0v) is 27.1. The van der Waals surface area contributed by atoms with Crippen molar-refractivity contribution in [3.8, 4) is 11.5 Å². The number of hydrogen-bond acceptors (Lipinski definition) is 6. The van der Waals surface area contributed by atoms with Gasteiger partial charge in [-0.2, -0.15) is 13.2 Å². The van der Waals surface area contributed by atoms with Gasteiger partial charge in [-0.1, -0.05) is 23.9 Å². The molecule has 1 amide bonds. The number of esters is 1. The Morgan fingerprint density at radius 1 is 0.975 bits per heavy atom. The minimum Gasteiger partial charge on any atom is -0.497 e. The number of amides is 1. The van der Waals surface area contributed by atoms with Gasteiger partial charge in [0.25, 0.3) is 0 Å². The Hall–Kier alpha value is -2.20. The Morgan fingerprint density at radius 2 is 1.60 bits per heavy atom. The number of carbonyl (C=O) groups excluding carboxylic acids is 2. The summed E-state index contributed by atoms with van der Waals surface area (Å²) in [4.78, 5) is 26.8. The number of methoxy groups -OCH3 is 2. The lowest BCUT2D eigenvalue weighted by Gasteiger charge is -2.29. The van der Waals surface area contributed by atoms with Gasteiger partial charge in [0.05, 0.1) is 20.8 Å². The Kier molecular flexibility index (Phi) is 11.4. The Bertz CT molecular complexity index is 1350. The Labute approximate surface area is 262 Å². The molecular formula is C28H26F3I2NO5S. The zero-order valence-electron chi connectivity index (χ0n) is 22.0. The van der Waals surface area contributed by atoms with E-state index < -0.39 is 24.1 Å². The van der Waals surface area contributed by atoms with E-state index in [9.17, 15) is 22.8 Å². The highest BCUT2D eigenvalue weighted by atomic mass is 127. The van der Waals surface area contributed by atoms with E-state index in [2.05, 4.69) is 0 Å². The molecule has 0 radical (unpaired) electrons. The van der Waals surface area contributed by atoms with Crippen LogP contribution in [0.1, 0.15) is 25.0 Å². The molecule has 0 aliphatic rings. The van der Waals surface area contributed by atoms with E-state index in [1.165, 1.54) is 30.8 Å². The van der Waals surface area contributed by atoms with Crippen molar-refractivity contribution >= 4 is 74.5 Å². The molecule has 214 valence electrons. The predicted molar refractivity (Wildman–Crippen MR) is 164 cm³/mol. The van der Waals surface area contributed by atoms with E-state index in [1.807, 2.05) is 87.6 Å². The average molecular weight is 799 g/mol. The summed E-state index contributed by atoms with van der Waals surface area (Å²) in [5.41, 5.74) is 1.99. The van der Waals surface area contributed by atoms with Gasteiger partial charge in [0, 0.05) is 29.0 Å². The molecule has 0 saturated heterocycles. The second-order valence-electron chi connectivity index (χ2n) is 8.44. The molecule has 0 unspecified atom stereocenters. The van der Waals surface area contributed by atoms with E-state index in [1.54, 1.807) is 21.1 Å². The van der Waals surface area contributed by atoms with Crippen LogP contribution in [0.25, 0.3) is 0 Å². The third-order valence-electron chi connectivity index (χ3n) is 5.76. The van der Waals surface area contributed by atoms with Crippen molar-refractivity contribution in [3.63, 3.8) is 0 Å². The van der Waals surface area contributed by atoms with Gasteiger partial charge in [0.2, 0.25) is 0 Å². The van der Waals surface area contributed by atoms with Crippen LogP contribution in [-0.2, 0) is 20.7 Å². The second kappa shape index (κ2) is 14.1. The van der Waals surface area contributed by atoms with Crippen LogP contribution in [0.2, 0.25) is 0 Å². The maximum absolute atomic E-state index is 13.5. The first-order valence-electron chi connectivity index (χ1n) is 11.9. The van der Waals surface area contributed by atoms with Crippen LogP contribution in [0.5, 0.6) is 11.5 Å². The molecule has 1 atom stereocenters. The van der Waals surface area contributed by atoms with Gasteiger partial charge in [-0.3, -0.25) is 9.69 Å². The first-order chi connectivity index (χ1) is 18.9. The fraction of sp³-hybridized carbons (Fsp3) is 0.286. The second-order valence-corrected chi connectivity index (χ2v) is 11.8. The number of benzene rings is 3. The van der Waals surface area contributed by atoms with Gasteiger partial charge < -0.3 is 14.2 Å². The quantitative estimate of drug-likeness (QED) is 0.157. The maximum atomic E-state index is 13.5. The van der Waals surface area contributed by atoms with Crippen molar-refractivity contribution in [2.24, 2.45) is 0 Å². The molecule has 3 aromatic carbocycles. The van der Waals surface area contributed by atoms with Crippen LogP contribution < -0.4 is 14.4 Å². The average Bonchev–Trinajstić information content (AvgIpc) is 2.91. The summed E-state index contributed by atoms with van der Waals surface area (Å²) in [5, 5.41) is 0. The number of halogens is 5. The predicted octanol–water partition coefficient (Wildman–Crippen LogP) is 7.50. The molecular weight excluding hydrogens is 773 g/mol. The van der Waals surface area contributed by atoms with Crippen LogP contribution in [0.3, 0.4) is 0 Å². The number of hydrogen-bond donors (Lipinski definition) is 0. The van der Waals surface area contributed by atoms with Gasteiger partial charge in [0.1, 0.15) is 17.5 Å². The lowest BCUT2D eigenvalue weighted by molar-refractivity contribution is -0.172. The monoisotopic (exact) mass is 799 g/mol. The van der Waals surface area contributed by atoms with Crippen LogP contribution in [0.15, 0.2) is 64.4 Å². The maximum Gasteiger partial charge on any atom is 0.471 e. The largest absolute Gasteiger partial charge is 0.497 e. The van der Waals surface area contributed by atoms with Crippen molar-refractivity contribution < 1.29 is 37.0 Å². The van der Waals surface area contributed by atoms with Crippen LogP contribution in [-0.4, -0.2) is 44.9 Å². The smallest absolute Gasteiger partial charge is 0.471 e. The molecule has 0 spiro atoms. The van der Waals surface area contributed by atoms with Gasteiger partial charge in [-0.05, 0) is 113 Å². The molecule has 0 aromatic heterocycles. The van der Waals surface area contributed by atoms with Crippen LogP contribution >= 0.6 is 56.9 Å². The number of ether oxygens (including phenoxy) is 3. The number of carbonyl (C=O) groups is 2. The number of rotatable bonds is 10. The molecule has 3 aromatic rings. The minimum absolute atomic E-state index is 0.0236. The summed E-state index contributed by atoms with van der Waals surface area (Å²) >= 11 is 5.49. The van der Waals surface area contributed by atoms with Crippen molar-refractivity contribution in [1.29, 1.82) is 0 Å². The summed E-state index contributed by atoms with van der Waals surface area (Å²) < 4.78 is 57.4.